The Morgan fingerprint density at radius 1 is 1.41 bits per heavy atom. The maximum Gasteiger partial charge on any atom is 0.295 e. The molecular weight excluding hydrogens is 230 g/mol. The predicted octanol–water partition coefficient (Wildman–Crippen LogP) is 3.25. The Kier molecular flexibility index (Phi) is 4.14. The minimum absolute atomic E-state index is 0.0357. The second-order valence-electron chi connectivity index (χ2n) is 3.70. The highest BCUT2D eigenvalue weighted by Crippen LogP contribution is 2.26. The Balaban J connectivity index is 3.00. The number of rotatable bonds is 4. The van der Waals surface area contributed by atoms with Gasteiger partial charge in [0, 0.05) is 12.6 Å². The van der Waals surface area contributed by atoms with Gasteiger partial charge in [0.25, 0.3) is 5.69 Å². The summed E-state index contributed by atoms with van der Waals surface area (Å²) in [6.45, 7) is 4.04. The summed E-state index contributed by atoms with van der Waals surface area (Å²) in [6, 6.07) is 1.35. The van der Waals surface area contributed by atoms with Crippen LogP contribution in [-0.4, -0.2) is 11.5 Å². The van der Waals surface area contributed by atoms with Crippen LogP contribution in [0.4, 0.5) is 20.2 Å². The van der Waals surface area contributed by atoms with E-state index in [-0.39, 0.29) is 5.69 Å². The summed E-state index contributed by atoms with van der Waals surface area (Å²) >= 11 is 0. The molecule has 0 spiro atoms. The molecule has 0 aromatic heterocycles. The third-order valence-electron chi connectivity index (χ3n) is 2.04. The minimum Gasteiger partial charge on any atom is -0.376 e. The highest BCUT2D eigenvalue weighted by molar-refractivity contribution is 5.61. The summed E-state index contributed by atoms with van der Waals surface area (Å²) in [6.07, 6.45) is 1.78. The first-order chi connectivity index (χ1) is 7.91. The lowest BCUT2D eigenvalue weighted by Crippen LogP contribution is -2.04. The van der Waals surface area contributed by atoms with Gasteiger partial charge in [0.1, 0.15) is 5.69 Å². The van der Waals surface area contributed by atoms with Gasteiger partial charge in [0.15, 0.2) is 11.6 Å². The van der Waals surface area contributed by atoms with Crippen LogP contribution in [0.25, 0.3) is 0 Å². The Bertz CT molecular complexity index is 469. The molecule has 92 valence electrons. The van der Waals surface area contributed by atoms with Crippen LogP contribution in [0.5, 0.6) is 0 Å². The first-order valence-corrected chi connectivity index (χ1v) is 4.92. The van der Waals surface area contributed by atoms with Gasteiger partial charge in [-0.3, -0.25) is 10.1 Å². The van der Waals surface area contributed by atoms with E-state index in [9.17, 15) is 18.9 Å². The van der Waals surface area contributed by atoms with Gasteiger partial charge in [-0.1, -0.05) is 11.6 Å². The number of anilines is 1. The summed E-state index contributed by atoms with van der Waals surface area (Å²) in [4.78, 5) is 9.89. The Labute approximate surface area is 97.1 Å². The van der Waals surface area contributed by atoms with Crippen molar-refractivity contribution in [1.29, 1.82) is 0 Å². The van der Waals surface area contributed by atoms with E-state index >= 15 is 0 Å². The smallest absolute Gasteiger partial charge is 0.295 e. The zero-order chi connectivity index (χ0) is 13.0. The zero-order valence-corrected chi connectivity index (χ0v) is 9.46. The standard InChI is InChI=1S/C11H12F2N2O2/c1-7(2)3-4-14-10-5-8(12)9(13)6-11(10)15(16)17/h3,5-6,14H,4H2,1-2H3. The molecule has 0 bridgehead atoms. The number of halogens is 2. The van der Waals surface area contributed by atoms with Crippen molar-refractivity contribution in [1.82, 2.24) is 0 Å². The fourth-order valence-corrected chi connectivity index (χ4v) is 1.19. The lowest BCUT2D eigenvalue weighted by Gasteiger charge is -2.05. The zero-order valence-electron chi connectivity index (χ0n) is 9.46. The average molecular weight is 242 g/mol. The third kappa shape index (κ3) is 3.51. The van der Waals surface area contributed by atoms with Crippen LogP contribution in [0, 0.1) is 21.7 Å². The van der Waals surface area contributed by atoms with E-state index in [1.807, 2.05) is 13.8 Å². The van der Waals surface area contributed by atoms with E-state index in [1.165, 1.54) is 0 Å². The summed E-state index contributed by atoms with van der Waals surface area (Å²) in [5.41, 5.74) is 0.500. The predicted molar refractivity (Wildman–Crippen MR) is 60.9 cm³/mol. The van der Waals surface area contributed by atoms with Gasteiger partial charge in [0.2, 0.25) is 0 Å². The van der Waals surface area contributed by atoms with Crippen molar-refractivity contribution in [2.45, 2.75) is 13.8 Å². The van der Waals surface area contributed by atoms with E-state index in [2.05, 4.69) is 5.32 Å². The number of benzene rings is 1. The van der Waals surface area contributed by atoms with Gasteiger partial charge in [-0.25, -0.2) is 8.78 Å². The van der Waals surface area contributed by atoms with Crippen molar-refractivity contribution < 1.29 is 13.7 Å². The van der Waals surface area contributed by atoms with Crippen LogP contribution < -0.4 is 5.32 Å². The maximum atomic E-state index is 13.0. The van der Waals surface area contributed by atoms with Gasteiger partial charge in [0.05, 0.1) is 11.0 Å². The fourth-order valence-electron chi connectivity index (χ4n) is 1.19. The molecule has 0 heterocycles. The van der Waals surface area contributed by atoms with Crippen LogP contribution in [0.3, 0.4) is 0 Å². The summed E-state index contributed by atoms with van der Waals surface area (Å²) < 4.78 is 25.8. The number of nitrogens with one attached hydrogen (secondary N) is 1. The molecule has 0 aliphatic carbocycles. The Morgan fingerprint density at radius 2 is 2.00 bits per heavy atom. The minimum atomic E-state index is -1.23. The van der Waals surface area contributed by atoms with Crippen LogP contribution >= 0.6 is 0 Å². The molecule has 1 aromatic carbocycles. The number of nitro benzene ring substituents is 1. The van der Waals surface area contributed by atoms with Crippen LogP contribution in [0.15, 0.2) is 23.8 Å². The number of hydrogen-bond acceptors (Lipinski definition) is 3. The van der Waals surface area contributed by atoms with Crippen molar-refractivity contribution in [3.8, 4) is 0 Å². The van der Waals surface area contributed by atoms with Crippen molar-refractivity contribution in [3.05, 3.63) is 45.5 Å². The molecule has 0 amide bonds. The average Bonchev–Trinajstić information content (AvgIpc) is 2.22. The summed E-state index contributed by atoms with van der Waals surface area (Å²) in [5, 5.41) is 13.3. The molecule has 0 unspecified atom stereocenters. The lowest BCUT2D eigenvalue weighted by atomic mass is 10.2. The molecular formula is C11H12F2N2O2. The molecule has 4 nitrogen and oxygen atoms in total. The lowest BCUT2D eigenvalue weighted by molar-refractivity contribution is -0.384. The second kappa shape index (κ2) is 5.38. The van der Waals surface area contributed by atoms with Crippen LogP contribution in [-0.2, 0) is 0 Å². The maximum absolute atomic E-state index is 13.0. The van der Waals surface area contributed by atoms with Crippen molar-refractivity contribution in [3.63, 3.8) is 0 Å². The number of nitrogens with zero attached hydrogens (tertiary/aromatic N) is 1. The first kappa shape index (κ1) is 13.1. The van der Waals surface area contributed by atoms with Gasteiger partial charge in [-0.05, 0) is 13.8 Å². The van der Waals surface area contributed by atoms with Crippen LogP contribution in [0.1, 0.15) is 13.8 Å². The topological polar surface area (TPSA) is 55.2 Å². The molecule has 0 aliphatic rings. The van der Waals surface area contributed by atoms with Gasteiger partial charge in [-0.15, -0.1) is 0 Å². The number of allylic oxidation sites excluding steroid dienone is 1. The molecule has 1 aromatic rings. The quantitative estimate of drug-likeness (QED) is 0.501. The van der Waals surface area contributed by atoms with Crippen molar-refractivity contribution in [2.24, 2.45) is 0 Å². The normalized spacial score (nSPS) is 9.88. The highest BCUT2D eigenvalue weighted by atomic mass is 19.2. The monoisotopic (exact) mass is 242 g/mol. The van der Waals surface area contributed by atoms with Crippen molar-refractivity contribution >= 4 is 11.4 Å². The Morgan fingerprint density at radius 3 is 2.53 bits per heavy atom. The number of hydrogen-bond donors (Lipinski definition) is 1. The number of nitro groups is 1. The molecule has 17 heavy (non-hydrogen) atoms. The molecule has 0 radical (unpaired) electrons. The molecule has 0 atom stereocenters. The molecule has 6 heteroatoms. The SMILES string of the molecule is CC(C)=CCNc1cc(F)c(F)cc1[N+](=O)[O-]. The second-order valence-corrected chi connectivity index (χ2v) is 3.70. The third-order valence-corrected chi connectivity index (χ3v) is 2.04. The van der Waals surface area contributed by atoms with Gasteiger partial charge < -0.3 is 5.32 Å². The molecule has 1 N–H and O–H groups in total. The highest BCUT2D eigenvalue weighted by Gasteiger charge is 2.17. The Hall–Kier alpha value is -1.98. The fraction of sp³-hybridized carbons (Fsp3) is 0.273. The molecule has 0 fully saturated rings. The van der Waals surface area contributed by atoms with E-state index in [4.69, 9.17) is 0 Å². The largest absolute Gasteiger partial charge is 0.376 e. The molecule has 0 saturated carbocycles. The molecule has 1 rings (SSSR count). The summed E-state index contributed by atoms with van der Waals surface area (Å²) in [7, 11) is 0. The van der Waals surface area contributed by atoms with Crippen molar-refractivity contribution in [2.75, 3.05) is 11.9 Å². The molecule has 0 saturated heterocycles. The molecule has 0 aliphatic heterocycles. The summed E-state index contributed by atoms with van der Waals surface area (Å²) in [5.74, 6) is -2.35. The van der Waals surface area contributed by atoms with E-state index in [1.54, 1.807) is 6.08 Å². The first-order valence-electron chi connectivity index (χ1n) is 4.92. The van der Waals surface area contributed by atoms with Gasteiger partial charge >= 0.3 is 0 Å². The van der Waals surface area contributed by atoms with E-state index in [0.717, 1.165) is 11.6 Å². The van der Waals surface area contributed by atoms with E-state index < -0.39 is 22.2 Å². The van der Waals surface area contributed by atoms with E-state index in [0.29, 0.717) is 12.6 Å². The van der Waals surface area contributed by atoms with Crippen LogP contribution in [0.2, 0.25) is 0 Å². The van der Waals surface area contributed by atoms with Gasteiger partial charge in [-0.2, -0.15) is 0 Å².